The van der Waals surface area contributed by atoms with Gasteiger partial charge in [-0.3, -0.25) is 0 Å². The standard InChI is InChI=1S/C19H27N3O2S/c1-14(2)19-18(21-10-8-17(9-11-21)25(4,23)24)13-22(20-19)16-7-5-6-15(3)12-16/h5-7,12-14,17H,8-11H2,1-4H3. The molecule has 1 aliphatic heterocycles. The normalized spacial score (nSPS) is 16.6. The highest BCUT2D eigenvalue weighted by atomic mass is 32.2. The van der Waals surface area contributed by atoms with Crippen molar-refractivity contribution < 1.29 is 8.42 Å². The van der Waals surface area contributed by atoms with Crippen molar-refractivity contribution in [3.63, 3.8) is 0 Å². The van der Waals surface area contributed by atoms with Crippen LogP contribution in [-0.2, 0) is 9.84 Å². The number of nitrogens with zero attached hydrogens (tertiary/aromatic N) is 3. The van der Waals surface area contributed by atoms with E-state index >= 15 is 0 Å². The van der Waals surface area contributed by atoms with E-state index in [0.717, 1.165) is 30.2 Å². The van der Waals surface area contributed by atoms with E-state index in [1.807, 2.05) is 10.7 Å². The summed E-state index contributed by atoms with van der Waals surface area (Å²) in [5, 5.41) is 4.61. The van der Waals surface area contributed by atoms with Gasteiger partial charge in [0.25, 0.3) is 0 Å². The molecule has 5 nitrogen and oxygen atoms in total. The van der Waals surface area contributed by atoms with Gasteiger partial charge in [-0.1, -0.05) is 26.0 Å². The van der Waals surface area contributed by atoms with Gasteiger partial charge in [0.05, 0.1) is 28.5 Å². The Kier molecular flexibility index (Phi) is 4.91. The van der Waals surface area contributed by atoms with Crippen molar-refractivity contribution >= 4 is 15.5 Å². The lowest BCUT2D eigenvalue weighted by Crippen LogP contribution is -2.39. The van der Waals surface area contributed by atoms with Crippen molar-refractivity contribution in [2.24, 2.45) is 0 Å². The van der Waals surface area contributed by atoms with Crippen molar-refractivity contribution in [1.82, 2.24) is 9.78 Å². The topological polar surface area (TPSA) is 55.2 Å². The van der Waals surface area contributed by atoms with Crippen LogP contribution in [0.4, 0.5) is 5.69 Å². The van der Waals surface area contributed by atoms with E-state index in [2.05, 4.69) is 50.1 Å². The Hall–Kier alpha value is -1.82. The highest BCUT2D eigenvalue weighted by Gasteiger charge is 2.29. The van der Waals surface area contributed by atoms with Gasteiger partial charge in [-0.15, -0.1) is 0 Å². The highest BCUT2D eigenvalue weighted by molar-refractivity contribution is 7.91. The summed E-state index contributed by atoms with van der Waals surface area (Å²) in [6.07, 6.45) is 4.81. The van der Waals surface area contributed by atoms with Crippen LogP contribution in [0.3, 0.4) is 0 Å². The molecule has 3 rings (SSSR count). The monoisotopic (exact) mass is 361 g/mol. The number of hydrogen-bond acceptors (Lipinski definition) is 4. The number of rotatable bonds is 4. The molecule has 25 heavy (non-hydrogen) atoms. The molecule has 0 N–H and O–H groups in total. The fourth-order valence-electron chi connectivity index (χ4n) is 3.46. The fourth-order valence-corrected chi connectivity index (χ4v) is 4.53. The molecule has 0 radical (unpaired) electrons. The maximum absolute atomic E-state index is 11.8. The molecule has 1 aliphatic rings. The fraction of sp³-hybridized carbons (Fsp3) is 0.526. The number of benzene rings is 1. The zero-order valence-corrected chi connectivity index (χ0v) is 16.3. The molecule has 6 heteroatoms. The summed E-state index contributed by atoms with van der Waals surface area (Å²) in [6, 6.07) is 8.30. The molecule has 0 bridgehead atoms. The summed E-state index contributed by atoms with van der Waals surface area (Å²) in [5.41, 5.74) is 4.46. The molecule has 1 fully saturated rings. The van der Waals surface area contributed by atoms with Crippen molar-refractivity contribution in [2.75, 3.05) is 24.2 Å². The lowest BCUT2D eigenvalue weighted by atomic mass is 10.1. The zero-order chi connectivity index (χ0) is 18.2. The smallest absolute Gasteiger partial charge is 0.150 e. The Bertz CT molecular complexity index is 847. The van der Waals surface area contributed by atoms with E-state index in [1.54, 1.807) is 0 Å². The molecule has 1 aromatic carbocycles. The second-order valence-corrected chi connectivity index (χ2v) is 9.68. The summed E-state index contributed by atoms with van der Waals surface area (Å²) in [5.74, 6) is 0.314. The molecule has 2 heterocycles. The minimum Gasteiger partial charge on any atom is -0.369 e. The first-order valence-electron chi connectivity index (χ1n) is 8.86. The molecular formula is C19H27N3O2S. The number of piperidine rings is 1. The van der Waals surface area contributed by atoms with E-state index in [0.29, 0.717) is 18.8 Å². The predicted molar refractivity (Wildman–Crippen MR) is 102 cm³/mol. The quantitative estimate of drug-likeness (QED) is 0.838. The maximum atomic E-state index is 11.8. The van der Waals surface area contributed by atoms with Gasteiger partial charge in [0.2, 0.25) is 0 Å². The molecule has 2 aromatic rings. The Labute approximate surface area is 150 Å². The summed E-state index contributed by atoms with van der Waals surface area (Å²) < 4.78 is 25.5. The average Bonchev–Trinajstić information content (AvgIpc) is 3.00. The van der Waals surface area contributed by atoms with Gasteiger partial charge < -0.3 is 4.90 Å². The minimum atomic E-state index is -2.95. The van der Waals surface area contributed by atoms with Gasteiger partial charge in [-0.25, -0.2) is 13.1 Å². The Morgan fingerprint density at radius 1 is 1.20 bits per heavy atom. The lowest BCUT2D eigenvalue weighted by Gasteiger charge is -2.32. The summed E-state index contributed by atoms with van der Waals surface area (Å²) in [6.45, 7) is 7.90. The van der Waals surface area contributed by atoms with Gasteiger partial charge in [0.1, 0.15) is 9.84 Å². The predicted octanol–water partition coefficient (Wildman–Crippen LogP) is 3.32. The number of hydrogen-bond donors (Lipinski definition) is 0. The first kappa shape index (κ1) is 18.0. The molecule has 0 aliphatic carbocycles. The maximum Gasteiger partial charge on any atom is 0.150 e. The van der Waals surface area contributed by atoms with Gasteiger partial charge in [0, 0.05) is 19.3 Å². The number of aryl methyl sites for hydroxylation is 1. The third-order valence-corrected chi connectivity index (χ3v) is 6.61. The second kappa shape index (κ2) is 6.83. The zero-order valence-electron chi connectivity index (χ0n) is 15.4. The second-order valence-electron chi connectivity index (χ2n) is 7.35. The highest BCUT2D eigenvalue weighted by Crippen LogP contribution is 2.31. The van der Waals surface area contributed by atoms with Gasteiger partial charge in [-0.2, -0.15) is 5.10 Å². The molecule has 0 atom stereocenters. The van der Waals surface area contributed by atoms with Crippen LogP contribution in [0.25, 0.3) is 5.69 Å². The number of aromatic nitrogens is 2. The van der Waals surface area contributed by atoms with Crippen LogP contribution >= 0.6 is 0 Å². The minimum absolute atomic E-state index is 0.210. The van der Waals surface area contributed by atoms with Crippen LogP contribution in [-0.4, -0.2) is 42.8 Å². The summed E-state index contributed by atoms with van der Waals surface area (Å²) >= 11 is 0. The molecule has 0 amide bonds. The molecule has 0 unspecified atom stereocenters. The van der Waals surface area contributed by atoms with Crippen LogP contribution in [0.15, 0.2) is 30.5 Å². The molecule has 0 spiro atoms. The van der Waals surface area contributed by atoms with E-state index in [9.17, 15) is 8.42 Å². The van der Waals surface area contributed by atoms with Gasteiger partial charge in [0.15, 0.2) is 0 Å². The van der Waals surface area contributed by atoms with Crippen molar-refractivity contribution in [2.45, 2.75) is 44.8 Å². The summed E-state index contributed by atoms with van der Waals surface area (Å²) in [4.78, 5) is 2.29. The van der Waals surface area contributed by atoms with Crippen LogP contribution in [0.2, 0.25) is 0 Å². The Morgan fingerprint density at radius 2 is 1.88 bits per heavy atom. The van der Waals surface area contributed by atoms with Crippen LogP contribution in [0.1, 0.15) is 43.9 Å². The van der Waals surface area contributed by atoms with Crippen molar-refractivity contribution in [1.29, 1.82) is 0 Å². The van der Waals surface area contributed by atoms with Crippen molar-refractivity contribution in [3.05, 3.63) is 41.7 Å². The van der Waals surface area contributed by atoms with Crippen LogP contribution < -0.4 is 4.90 Å². The summed E-state index contributed by atoms with van der Waals surface area (Å²) in [7, 11) is -2.95. The van der Waals surface area contributed by atoms with E-state index < -0.39 is 9.84 Å². The van der Waals surface area contributed by atoms with Gasteiger partial charge >= 0.3 is 0 Å². The molecule has 0 saturated carbocycles. The van der Waals surface area contributed by atoms with Crippen LogP contribution in [0.5, 0.6) is 0 Å². The first-order chi connectivity index (χ1) is 11.8. The van der Waals surface area contributed by atoms with E-state index in [4.69, 9.17) is 5.10 Å². The SMILES string of the molecule is Cc1cccc(-n2cc(N3CCC(S(C)(=O)=O)CC3)c(C(C)C)n2)c1. The largest absolute Gasteiger partial charge is 0.369 e. The van der Waals surface area contributed by atoms with Crippen LogP contribution in [0, 0.1) is 6.92 Å². The molecule has 1 aromatic heterocycles. The van der Waals surface area contributed by atoms with E-state index in [-0.39, 0.29) is 5.25 Å². The van der Waals surface area contributed by atoms with E-state index in [1.165, 1.54) is 11.8 Å². The Morgan fingerprint density at radius 3 is 2.44 bits per heavy atom. The first-order valence-corrected chi connectivity index (χ1v) is 10.8. The van der Waals surface area contributed by atoms with Gasteiger partial charge in [-0.05, 0) is 43.4 Å². The third-order valence-electron chi connectivity index (χ3n) is 4.92. The van der Waals surface area contributed by atoms with Crippen molar-refractivity contribution in [3.8, 4) is 5.69 Å². The molecular weight excluding hydrogens is 334 g/mol. The number of anilines is 1. The third kappa shape index (κ3) is 3.89. The number of sulfone groups is 1. The Balaban J connectivity index is 1.89. The molecule has 1 saturated heterocycles. The molecule has 136 valence electrons. The lowest BCUT2D eigenvalue weighted by molar-refractivity contribution is 0.533. The average molecular weight is 362 g/mol.